The molecule has 0 bridgehead atoms. The van der Waals surface area contributed by atoms with E-state index in [2.05, 4.69) is 83.1 Å². The minimum atomic E-state index is -2.10. The summed E-state index contributed by atoms with van der Waals surface area (Å²) in [4.78, 5) is 180. The summed E-state index contributed by atoms with van der Waals surface area (Å²) in [7, 11) is 1.36. The Morgan fingerprint density at radius 1 is 0.400 bits per heavy atom. The van der Waals surface area contributed by atoms with Crippen LogP contribution in [0, 0.1) is 106 Å². The van der Waals surface area contributed by atoms with Crippen LogP contribution in [0.2, 0.25) is 0 Å². The van der Waals surface area contributed by atoms with Crippen LogP contribution in [0.15, 0.2) is 55.0 Å². The molecule has 0 aromatic carbocycles. The van der Waals surface area contributed by atoms with Crippen molar-refractivity contribution in [3.63, 3.8) is 0 Å². The van der Waals surface area contributed by atoms with Crippen molar-refractivity contribution >= 4 is 70.9 Å². The number of hydrogen-bond acceptors (Lipinski definition) is 25. The van der Waals surface area contributed by atoms with Crippen molar-refractivity contribution in [2.75, 3.05) is 7.05 Å². The molecule has 11 amide bonds. The molecule has 18 atom stereocenters. The molecule has 16 N–H and O–H groups in total. The molecule has 36 nitrogen and oxygen atoms in total. The molecule has 0 radical (unpaired) electrons. The quantitative estimate of drug-likeness (QED) is 0.0396. The minimum Gasteiger partial charge on any atom is -0.505 e. The molecule has 3 unspecified atom stereocenters. The van der Waals surface area contributed by atoms with E-state index >= 15 is 0 Å². The Balaban J connectivity index is 0.000000203. The summed E-state index contributed by atoms with van der Waals surface area (Å²) < 4.78 is 175. The molecule has 3 saturated carbocycles. The van der Waals surface area contributed by atoms with Crippen molar-refractivity contribution in [3.8, 4) is 17.2 Å². The summed E-state index contributed by atoms with van der Waals surface area (Å²) in [5.74, 6) is -41.2. The number of rotatable bonds is 15. The Kier molecular flexibility index (Phi) is 32.4. The summed E-state index contributed by atoms with van der Waals surface area (Å²) in [5, 5.41) is 88.0. The largest absolute Gasteiger partial charge is 0.505 e. The number of carbonyl (C=O) groups is 12. The van der Waals surface area contributed by atoms with Crippen LogP contribution in [0.25, 0.3) is 0 Å². The third kappa shape index (κ3) is 22.4. The lowest BCUT2D eigenvalue weighted by atomic mass is 9.78. The molecule has 3 aliphatic carbocycles. The number of aromatic hydroxyl groups is 3. The van der Waals surface area contributed by atoms with Crippen LogP contribution in [0.1, 0.15) is 147 Å². The summed E-state index contributed by atoms with van der Waals surface area (Å²) in [6.45, 7) is 7.75. The Morgan fingerprint density at radius 2 is 0.723 bits per heavy atom. The predicted molar refractivity (Wildman–Crippen MR) is 419 cm³/mol. The second-order valence-electron chi connectivity index (χ2n) is 32.4. The lowest BCUT2D eigenvalue weighted by molar-refractivity contribution is -0.169. The molecule has 6 fully saturated rings. The first-order valence-corrected chi connectivity index (χ1v) is 40.9. The Hall–Kier alpha value is -13.0. The molecular formula is C82H91F12N17O19. The fraction of sp³-hybridized carbons (Fsp3) is 0.488. The van der Waals surface area contributed by atoms with Gasteiger partial charge in [0.1, 0.15) is 47.5 Å². The number of halogens is 12. The van der Waals surface area contributed by atoms with Crippen LogP contribution in [0.5, 0.6) is 17.2 Å². The van der Waals surface area contributed by atoms with Crippen LogP contribution in [-0.4, -0.2) is 234 Å². The highest BCUT2D eigenvalue weighted by Crippen LogP contribution is 2.37. The van der Waals surface area contributed by atoms with E-state index in [0.29, 0.717) is 38.5 Å². The zero-order valence-electron chi connectivity index (χ0n) is 70.0. The number of aliphatic hydroxyl groups excluding tert-OH is 3. The number of nitrogens with zero attached hydrogens (tertiary/aromatic N) is 7. The molecule has 9 heterocycles. The van der Waals surface area contributed by atoms with E-state index in [9.17, 15) is 141 Å². The van der Waals surface area contributed by atoms with E-state index in [0.717, 1.165) is 24.2 Å². The average molecular weight is 1850 g/mol. The molecule has 0 spiro atoms. The first-order chi connectivity index (χ1) is 61.3. The van der Waals surface area contributed by atoms with Gasteiger partial charge in [-0.1, -0.05) is 33.1 Å². The number of aliphatic hydroxyl groups is 3. The summed E-state index contributed by atoms with van der Waals surface area (Å²) >= 11 is 0. The van der Waals surface area contributed by atoms with Gasteiger partial charge in [0.25, 0.3) is 41.5 Å². The molecule has 702 valence electrons. The Bertz CT molecular complexity index is 5110. The van der Waals surface area contributed by atoms with Crippen molar-refractivity contribution in [1.82, 2.24) is 88.0 Å². The number of esters is 1. The molecule has 130 heavy (non-hydrogen) atoms. The average Bonchev–Trinajstić information content (AvgIpc) is 0.787. The van der Waals surface area contributed by atoms with Crippen LogP contribution in [0.4, 0.5) is 52.7 Å². The smallest absolute Gasteiger partial charge is 0.312 e. The summed E-state index contributed by atoms with van der Waals surface area (Å²) in [6, 6.07) is -8.19. The maximum Gasteiger partial charge on any atom is 0.312 e. The molecule has 6 aliphatic rings. The first kappa shape index (κ1) is 99.1. The van der Waals surface area contributed by atoms with Crippen molar-refractivity contribution in [2.45, 2.75) is 209 Å². The monoisotopic (exact) mass is 1850 g/mol. The fourth-order valence-corrected chi connectivity index (χ4v) is 15.3. The minimum absolute atomic E-state index is 0.247. The molecular weight excluding hydrogens is 1750 g/mol. The highest BCUT2D eigenvalue weighted by atomic mass is 19.2. The first-order valence-electron chi connectivity index (χ1n) is 40.9. The van der Waals surface area contributed by atoms with Gasteiger partial charge in [-0.3, -0.25) is 57.5 Å². The number of hydrogen-bond donors (Lipinski definition) is 16. The maximum absolute atomic E-state index is 14.6. The highest BCUT2D eigenvalue weighted by Gasteiger charge is 2.49. The molecule has 6 aromatic heterocycles. The standard InChI is InChI=1S/C28H32F4N6O6.C27H30F4N6O6.C27H29F4N5O7/c1-11-22(40)15(10-14-17(29)18(30)24(32)37-23(14)31)35-25(41)19(36-26(42)20-16(39)8-5-9-33-20)12(2)34-27(43)21(13-6-4-7-13)38(3)28(11)44;1-10-21(39)14(9-13-16(28)17(29)23(31)37-22(13)30)34-25(41)18(35-27(43)20-15(38)7-4-8-32-20)11(2)33-26(42)19(36-24(10)40)12-5-3-6-12;1-10-20(38)14(9-13-16(28)17(29)23(31)36-22(13)30)34-24(39)18(35-25(40)19-15(37)7-4-8-32-19)11(2)33-26(41)21(43-27(10)42)12-5-3-6-12/h5,8-9,11-13,15,19,21-22,39-40H,4,6-7,10H2,1-3H3,(H,34,43)(H,35,41)(H,36,42);4,7-8,10-12,14,18-19,21,38-39H,3,5-6,9H2,1-2H3,(H,33,42)(H,34,41)(H,35,43)(H,36,40);4,7-8,10-12,14,18,20-21,37-38H,3,5-6,9H2,1-2H3,(H,33,41)(H,34,39)(H,35,40)/t11-,12-,15+,19+,21?,22+;10-,11-,14+,18+,19?,21+;10-,11-,14+,18+,20+,21?/m111/s1. The second-order valence-corrected chi connectivity index (χ2v) is 32.4. The molecule has 3 aliphatic heterocycles. The Labute approximate surface area is 730 Å². The van der Waals surface area contributed by atoms with Crippen molar-refractivity contribution in [2.24, 2.45) is 35.5 Å². The van der Waals surface area contributed by atoms with Crippen molar-refractivity contribution in [1.29, 1.82) is 0 Å². The second kappa shape index (κ2) is 42.5. The summed E-state index contributed by atoms with van der Waals surface area (Å²) in [5.41, 5.74) is -4.74. The number of nitrogens with one attached hydrogen (secondary N) is 10. The lowest BCUT2D eigenvalue weighted by Crippen LogP contribution is -2.65. The zero-order chi connectivity index (χ0) is 95.6. The fourth-order valence-electron chi connectivity index (χ4n) is 15.3. The predicted octanol–water partition coefficient (Wildman–Crippen LogP) is 1.86. The lowest BCUT2D eigenvalue weighted by Gasteiger charge is -2.41. The third-order valence-corrected chi connectivity index (χ3v) is 23.7. The third-order valence-electron chi connectivity index (χ3n) is 23.7. The van der Waals surface area contributed by atoms with Gasteiger partial charge in [-0.2, -0.15) is 54.5 Å². The maximum atomic E-state index is 14.6. The van der Waals surface area contributed by atoms with Gasteiger partial charge in [0.2, 0.25) is 76.6 Å². The molecule has 48 heteroatoms. The van der Waals surface area contributed by atoms with Crippen LogP contribution >= 0.6 is 0 Å². The van der Waals surface area contributed by atoms with E-state index < -0.39 is 320 Å². The SMILES string of the molecule is C[C@H]1NC(=O)C(C2CCC2)N(C)C(=O)[C@H](C)[C@H](O)[C@H](Cc2c(F)nc(F)c(F)c2F)NC(=O)[C@H]1NC(=O)c1ncccc1O.C[C@H]1NC(=O)C(C2CCC2)NC(=O)[C@H](C)[C@H](O)[C@H](Cc2c(F)nc(F)c(F)c2F)NC(=O)[C@H]1NC(=O)c1ncccc1O.C[C@H]1NC(=O)C(C2CCC2)OC(=O)[C@H](C)[C@H](O)[C@H](Cc2c(F)nc(F)c(F)c2F)NC(=O)[C@H]1NC(=O)c1ncccc1O. The van der Waals surface area contributed by atoms with Gasteiger partial charge in [-0.05, 0) is 114 Å². The van der Waals surface area contributed by atoms with Gasteiger partial charge in [0, 0.05) is 67.5 Å². The Morgan fingerprint density at radius 3 is 1.05 bits per heavy atom. The summed E-state index contributed by atoms with van der Waals surface area (Å²) in [6.07, 6.45) is -0.493. The van der Waals surface area contributed by atoms with Gasteiger partial charge in [-0.15, -0.1) is 0 Å². The van der Waals surface area contributed by atoms with Gasteiger partial charge in [0.05, 0.1) is 72.3 Å². The number of cyclic esters (lactones) is 1. The highest BCUT2D eigenvalue weighted by molar-refractivity contribution is 6.01. The molecule has 6 aromatic rings. The topological polar surface area (TPSA) is 536 Å². The van der Waals surface area contributed by atoms with Crippen LogP contribution in [0.3, 0.4) is 0 Å². The van der Waals surface area contributed by atoms with Gasteiger partial charge in [0.15, 0.2) is 40.6 Å². The number of amides is 11. The van der Waals surface area contributed by atoms with Crippen molar-refractivity contribution in [3.05, 3.63) is 159 Å². The number of likely N-dealkylation sites (N-methyl/N-ethyl adjacent to an activating group) is 1. The number of aromatic nitrogens is 6. The number of pyridine rings is 6. The van der Waals surface area contributed by atoms with Crippen molar-refractivity contribution < 1.29 is 146 Å². The van der Waals surface area contributed by atoms with Gasteiger partial charge >= 0.3 is 5.97 Å². The normalized spacial score (nSPS) is 27.1. The number of ether oxygens (including phenoxy) is 1. The van der Waals surface area contributed by atoms with E-state index in [-0.39, 0.29) is 17.8 Å². The van der Waals surface area contributed by atoms with Crippen LogP contribution < -0.4 is 53.2 Å². The van der Waals surface area contributed by atoms with Gasteiger partial charge < -0.3 is 93.4 Å². The zero-order valence-corrected chi connectivity index (χ0v) is 70.0. The van der Waals surface area contributed by atoms with Gasteiger partial charge in [-0.25, -0.2) is 28.1 Å². The van der Waals surface area contributed by atoms with Crippen LogP contribution in [-0.2, 0) is 67.2 Å². The molecule has 3 saturated heterocycles. The van der Waals surface area contributed by atoms with E-state index in [1.54, 1.807) is 0 Å². The van der Waals surface area contributed by atoms with E-state index in [1.807, 2.05) is 0 Å². The van der Waals surface area contributed by atoms with E-state index in [1.165, 1.54) is 104 Å². The number of carbonyl (C=O) groups excluding carboxylic acids is 12. The van der Waals surface area contributed by atoms with E-state index in [4.69, 9.17) is 4.74 Å². The molecule has 12 rings (SSSR count).